The zero-order valence-electron chi connectivity index (χ0n) is 17.4. The predicted octanol–water partition coefficient (Wildman–Crippen LogP) is 2.19. The average Bonchev–Trinajstić information content (AvgIpc) is 3.15. The number of piperidine rings is 1. The van der Waals surface area contributed by atoms with Crippen molar-refractivity contribution in [2.24, 2.45) is 5.92 Å². The maximum Gasteiger partial charge on any atom is 0.255 e. The minimum atomic E-state index is 0.135. The summed E-state index contributed by atoms with van der Waals surface area (Å²) in [5.41, 5.74) is 2.97. The van der Waals surface area contributed by atoms with Gasteiger partial charge in [-0.3, -0.25) is 14.7 Å². The summed E-state index contributed by atoms with van der Waals surface area (Å²) < 4.78 is 7.31. The molecule has 2 aliphatic heterocycles. The fourth-order valence-corrected chi connectivity index (χ4v) is 4.86. The molecular formula is C22H26N6O2. The van der Waals surface area contributed by atoms with E-state index in [1.165, 1.54) is 0 Å². The minimum absolute atomic E-state index is 0.135. The molecule has 5 rings (SSSR count). The number of rotatable bonds is 5. The number of aromatic nitrogens is 4. The molecule has 0 aromatic carbocycles. The van der Waals surface area contributed by atoms with Crippen molar-refractivity contribution >= 4 is 5.82 Å². The Balaban J connectivity index is 1.35. The smallest absolute Gasteiger partial charge is 0.255 e. The van der Waals surface area contributed by atoms with Gasteiger partial charge in [0.2, 0.25) is 0 Å². The molecule has 1 fully saturated rings. The van der Waals surface area contributed by atoms with Crippen LogP contribution in [-0.2, 0) is 19.6 Å². The van der Waals surface area contributed by atoms with E-state index in [2.05, 4.69) is 31.0 Å². The molecule has 3 aromatic rings. The first kappa shape index (κ1) is 19.0. The molecule has 8 heteroatoms. The molecule has 30 heavy (non-hydrogen) atoms. The molecule has 0 saturated carbocycles. The first-order chi connectivity index (χ1) is 14.6. The standard InChI is InChI=1S/C22H26N6O2/c1-15-7-19(30-25-15)14-26(2)12-17-3-4-20-18-8-16(11-28(20)22(17)29)10-27(13-18)21-9-23-5-6-24-21/h3-7,9,16,18H,8,10-14H2,1-2H3/t16-,18+/m0/s1. The number of aryl methyl sites for hydroxylation is 1. The van der Waals surface area contributed by atoms with E-state index < -0.39 is 0 Å². The fourth-order valence-electron chi connectivity index (χ4n) is 4.86. The third kappa shape index (κ3) is 3.63. The van der Waals surface area contributed by atoms with Crippen molar-refractivity contribution < 1.29 is 4.52 Å². The second-order valence-corrected chi connectivity index (χ2v) is 8.57. The highest BCUT2D eigenvalue weighted by Crippen LogP contribution is 2.36. The Morgan fingerprint density at radius 1 is 1.20 bits per heavy atom. The van der Waals surface area contributed by atoms with Gasteiger partial charge in [0.25, 0.3) is 5.56 Å². The van der Waals surface area contributed by atoms with E-state index in [1.54, 1.807) is 12.4 Å². The molecule has 0 radical (unpaired) electrons. The van der Waals surface area contributed by atoms with Crippen LogP contribution < -0.4 is 10.5 Å². The maximum atomic E-state index is 13.3. The van der Waals surface area contributed by atoms with Crippen LogP contribution in [0.2, 0.25) is 0 Å². The van der Waals surface area contributed by atoms with E-state index >= 15 is 0 Å². The number of anilines is 1. The van der Waals surface area contributed by atoms with E-state index in [9.17, 15) is 4.79 Å². The van der Waals surface area contributed by atoms with Gasteiger partial charge in [-0.1, -0.05) is 11.2 Å². The van der Waals surface area contributed by atoms with Crippen LogP contribution >= 0.6 is 0 Å². The first-order valence-corrected chi connectivity index (χ1v) is 10.4. The monoisotopic (exact) mass is 406 g/mol. The lowest BCUT2D eigenvalue weighted by Crippen LogP contribution is -2.48. The highest BCUT2D eigenvalue weighted by molar-refractivity contribution is 5.38. The number of hydrogen-bond donors (Lipinski definition) is 0. The summed E-state index contributed by atoms with van der Waals surface area (Å²) in [4.78, 5) is 26.3. The van der Waals surface area contributed by atoms with Gasteiger partial charge < -0.3 is 14.0 Å². The van der Waals surface area contributed by atoms with Crippen LogP contribution in [0.4, 0.5) is 5.82 Å². The lowest BCUT2D eigenvalue weighted by molar-refractivity contribution is 0.259. The van der Waals surface area contributed by atoms with E-state index in [0.29, 0.717) is 24.9 Å². The number of fused-ring (bicyclic) bond motifs is 4. The zero-order valence-corrected chi connectivity index (χ0v) is 17.4. The Kier molecular flexibility index (Phi) is 4.86. The SMILES string of the molecule is Cc1cc(CN(C)Cc2ccc3n(c2=O)C[C@H]2C[C@@H]3CN(c3cnccn3)C2)on1. The Hall–Kier alpha value is -3.00. The summed E-state index contributed by atoms with van der Waals surface area (Å²) in [6.07, 6.45) is 6.38. The molecule has 0 unspecified atom stereocenters. The van der Waals surface area contributed by atoms with E-state index in [0.717, 1.165) is 54.6 Å². The van der Waals surface area contributed by atoms with Gasteiger partial charge in [0.05, 0.1) is 18.4 Å². The van der Waals surface area contributed by atoms with Crippen LogP contribution in [0.5, 0.6) is 0 Å². The summed E-state index contributed by atoms with van der Waals surface area (Å²) in [6.45, 7) is 5.67. The average molecular weight is 406 g/mol. The Morgan fingerprint density at radius 3 is 2.87 bits per heavy atom. The molecule has 1 saturated heterocycles. The number of hydrogen-bond acceptors (Lipinski definition) is 7. The predicted molar refractivity (Wildman–Crippen MR) is 112 cm³/mol. The van der Waals surface area contributed by atoms with Gasteiger partial charge in [0.15, 0.2) is 5.76 Å². The van der Waals surface area contributed by atoms with Crippen molar-refractivity contribution in [3.8, 4) is 0 Å². The van der Waals surface area contributed by atoms with Crippen LogP contribution in [-0.4, -0.2) is 44.7 Å². The summed E-state index contributed by atoms with van der Waals surface area (Å²) in [5, 5.41) is 3.93. The molecule has 0 aliphatic carbocycles. The third-order valence-electron chi connectivity index (χ3n) is 6.10. The normalized spacial score (nSPS) is 20.4. The van der Waals surface area contributed by atoms with Crippen molar-refractivity contribution in [2.45, 2.75) is 38.9 Å². The highest BCUT2D eigenvalue weighted by atomic mass is 16.5. The van der Waals surface area contributed by atoms with Crippen LogP contribution in [0.15, 0.2) is 46.1 Å². The summed E-state index contributed by atoms with van der Waals surface area (Å²) >= 11 is 0. The van der Waals surface area contributed by atoms with E-state index in [4.69, 9.17) is 4.52 Å². The summed E-state index contributed by atoms with van der Waals surface area (Å²) in [6, 6.07) is 6.07. The molecule has 0 N–H and O–H groups in total. The van der Waals surface area contributed by atoms with Crippen molar-refractivity contribution in [1.82, 2.24) is 24.6 Å². The van der Waals surface area contributed by atoms with Crippen LogP contribution in [0.1, 0.15) is 35.1 Å². The molecular weight excluding hydrogens is 380 g/mol. The lowest BCUT2D eigenvalue weighted by atomic mass is 9.83. The van der Waals surface area contributed by atoms with Crippen molar-refractivity contribution in [1.29, 1.82) is 0 Å². The van der Waals surface area contributed by atoms with Gasteiger partial charge in [-0.25, -0.2) is 4.98 Å². The van der Waals surface area contributed by atoms with Crippen molar-refractivity contribution in [3.05, 3.63) is 69.9 Å². The highest BCUT2D eigenvalue weighted by Gasteiger charge is 2.35. The summed E-state index contributed by atoms with van der Waals surface area (Å²) in [5.74, 6) is 2.52. The van der Waals surface area contributed by atoms with Gasteiger partial charge in [-0.15, -0.1) is 0 Å². The van der Waals surface area contributed by atoms with E-state index in [-0.39, 0.29) is 5.56 Å². The summed E-state index contributed by atoms with van der Waals surface area (Å²) in [7, 11) is 1.99. The van der Waals surface area contributed by atoms with Crippen LogP contribution in [0.25, 0.3) is 0 Å². The molecule has 156 valence electrons. The quantitative estimate of drug-likeness (QED) is 0.642. The molecule has 8 nitrogen and oxygen atoms in total. The van der Waals surface area contributed by atoms with Gasteiger partial charge in [0.1, 0.15) is 5.82 Å². The maximum absolute atomic E-state index is 13.3. The molecule has 0 amide bonds. The molecule has 2 atom stereocenters. The Bertz CT molecular complexity index is 1090. The van der Waals surface area contributed by atoms with Gasteiger partial charge in [0, 0.05) is 61.8 Å². The number of pyridine rings is 1. The van der Waals surface area contributed by atoms with Gasteiger partial charge in [-0.2, -0.15) is 0 Å². The molecule has 3 aromatic heterocycles. The first-order valence-electron chi connectivity index (χ1n) is 10.4. The van der Waals surface area contributed by atoms with Crippen molar-refractivity contribution in [3.63, 3.8) is 0 Å². The van der Waals surface area contributed by atoms with Crippen LogP contribution in [0.3, 0.4) is 0 Å². The third-order valence-corrected chi connectivity index (χ3v) is 6.10. The molecule has 0 spiro atoms. The second-order valence-electron chi connectivity index (χ2n) is 8.57. The second kappa shape index (κ2) is 7.68. The largest absolute Gasteiger partial charge is 0.360 e. The van der Waals surface area contributed by atoms with Crippen molar-refractivity contribution in [2.75, 3.05) is 25.0 Å². The number of nitrogens with zero attached hydrogens (tertiary/aromatic N) is 6. The minimum Gasteiger partial charge on any atom is -0.360 e. The Labute approximate surface area is 175 Å². The lowest BCUT2D eigenvalue weighted by Gasteiger charge is -2.43. The fraction of sp³-hybridized carbons (Fsp3) is 0.455. The van der Waals surface area contributed by atoms with Gasteiger partial charge >= 0.3 is 0 Å². The van der Waals surface area contributed by atoms with Crippen LogP contribution in [0, 0.1) is 12.8 Å². The Morgan fingerprint density at radius 2 is 2.10 bits per heavy atom. The van der Waals surface area contributed by atoms with Gasteiger partial charge in [-0.05, 0) is 32.4 Å². The van der Waals surface area contributed by atoms with E-state index in [1.807, 2.05) is 36.9 Å². The zero-order chi connectivity index (χ0) is 20.7. The topological polar surface area (TPSA) is 80.3 Å². The molecule has 2 bridgehead atoms. The molecule has 2 aliphatic rings. The molecule has 5 heterocycles.